The minimum Gasteiger partial charge on any atom is -0.371 e. The first-order valence-electron chi connectivity index (χ1n) is 7.37. The largest absolute Gasteiger partial charge is 0.371 e. The zero-order valence-electron chi connectivity index (χ0n) is 12.2. The van der Waals surface area contributed by atoms with Crippen molar-refractivity contribution in [3.63, 3.8) is 0 Å². The fourth-order valence-corrected chi connectivity index (χ4v) is 2.93. The molecule has 2 nitrogen and oxygen atoms in total. The summed E-state index contributed by atoms with van der Waals surface area (Å²) in [5, 5.41) is 3.46. The fraction of sp³-hybridized carbons (Fsp3) is 0.625. The van der Waals surface area contributed by atoms with Crippen molar-refractivity contribution in [2.75, 3.05) is 18.0 Å². The summed E-state index contributed by atoms with van der Waals surface area (Å²) in [4.78, 5) is 2.49. The molecular weight excluding hydrogens is 300 g/mol. The third kappa shape index (κ3) is 4.50. The molecule has 0 saturated heterocycles. The standard InChI is InChI=1S/C16H25BrN2/c1-4-19(11-13-5-6-13)16-8-7-14(9-15(16)17)10-18-12(2)3/h7-9,12-13,18H,4-6,10-11H2,1-3H3. The topological polar surface area (TPSA) is 15.3 Å². The first-order chi connectivity index (χ1) is 9.10. The zero-order valence-corrected chi connectivity index (χ0v) is 13.8. The number of hydrogen-bond donors (Lipinski definition) is 1. The molecular formula is C16H25BrN2. The first-order valence-corrected chi connectivity index (χ1v) is 8.16. The molecule has 1 aliphatic rings. The van der Waals surface area contributed by atoms with Gasteiger partial charge in [0.1, 0.15) is 0 Å². The molecule has 0 bridgehead atoms. The van der Waals surface area contributed by atoms with E-state index in [-0.39, 0.29) is 0 Å². The van der Waals surface area contributed by atoms with Crippen LogP contribution < -0.4 is 10.2 Å². The second kappa shape index (κ2) is 6.76. The molecule has 0 radical (unpaired) electrons. The summed E-state index contributed by atoms with van der Waals surface area (Å²) in [6.45, 7) is 9.82. The number of nitrogens with zero attached hydrogens (tertiary/aromatic N) is 1. The van der Waals surface area contributed by atoms with Crippen LogP contribution in [-0.2, 0) is 6.54 Å². The second-order valence-electron chi connectivity index (χ2n) is 5.80. The lowest BCUT2D eigenvalue weighted by atomic mass is 10.1. The molecule has 0 aliphatic heterocycles. The number of rotatable bonds is 7. The summed E-state index contributed by atoms with van der Waals surface area (Å²) < 4.78 is 1.22. The Kier molecular flexibility index (Phi) is 5.28. The van der Waals surface area contributed by atoms with Crippen molar-refractivity contribution in [2.45, 2.75) is 46.2 Å². The Morgan fingerprint density at radius 3 is 2.63 bits per heavy atom. The molecule has 3 heteroatoms. The smallest absolute Gasteiger partial charge is 0.0510 e. The van der Waals surface area contributed by atoms with Gasteiger partial charge in [0, 0.05) is 30.1 Å². The van der Waals surface area contributed by atoms with E-state index in [2.05, 4.69) is 65.1 Å². The van der Waals surface area contributed by atoms with E-state index < -0.39 is 0 Å². The molecule has 1 aliphatic carbocycles. The van der Waals surface area contributed by atoms with Gasteiger partial charge in [-0.15, -0.1) is 0 Å². The van der Waals surface area contributed by atoms with Crippen LogP contribution in [0.3, 0.4) is 0 Å². The van der Waals surface area contributed by atoms with E-state index in [0.29, 0.717) is 6.04 Å². The van der Waals surface area contributed by atoms with Gasteiger partial charge in [-0.05, 0) is 59.3 Å². The van der Waals surface area contributed by atoms with E-state index in [0.717, 1.165) is 19.0 Å². The highest BCUT2D eigenvalue weighted by Crippen LogP contribution is 2.34. The fourth-order valence-electron chi connectivity index (χ4n) is 2.25. The van der Waals surface area contributed by atoms with E-state index in [9.17, 15) is 0 Å². The van der Waals surface area contributed by atoms with Crippen LogP contribution in [0.5, 0.6) is 0 Å². The molecule has 1 aromatic rings. The lowest BCUT2D eigenvalue weighted by molar-refractivity contribution is 0.588. The molecule has 0 aromatic heterocycles. The molecule has 0 spiro atoms. The highest BCUT2D eigenvalue weighted by molar-refractivity contribution is 9.10. The maximum Gasteiger partial charge on any atom is 0.0510 e. The van der Waals surface area contributed by atoms with Gasteiger partial charge < -0.3 is 10.2 Å². The Balaban J connectivity index is 2.04. The van der Waals surface area contributed by atoms with Crippen LogP contribution in [0.15, 0.2) is 22.7 Å². The van der Waals surface area contributed by atoms with Crippen LogP contribution in [0.4, 0.5) is 5.69 Å². The summed E-state index contributed by atoms with van der Waals surface area (Å²) in [5.74, 6) is 0.925. The maximum absolute atomic E-state index is 3.74. The summed E-state index contributed by atoms with van der Waals surface area (Å²) in [5.41, 5.74) is 2.68. The van der Waals surface area contributed by atoms with Crippen molar-refractivity contribution in [2.24, 2.45) is 5.92 Å². The molecule has 19 heavy (non-hydrogen) atoms. The number of halogens is 1. The maximum atomic E-state index is 3.74. The van der Waals surface area contributed by atoms with Crippen molar-refractivity contribution in [3.05, 3.63) is 28.2 Å². The Bertz CT molecular complexity index is 413. The minimum atomic E-state index is 0.528. The third-order valence-electron chi connectivity index (χ3n) is 3.62. The summed E-state index contributed by atoms with van der Waals surface area (Å²) in [6, 6.07) is 7.28. The lowest BCUT2D eigenvalue weighted by Crippen LogP contribution is -2.26. The number of anilines is 1. The molecule has 1 fully saturated rings. The van der Waals surface area contributed by atoms with Crippen LogP contribution in [-0.4, -0.2) is 19.1 Å². The van der Waals surface area contributed by atoms with Crippen molar-refractivity contribution >= 4 is 21.6 Å². The molecule has 1 N–H and O–H groups in total. The van der Waals surface area contributed by atoms with E-state index in [4.69, 9.17) is 0 Å². The van der Waals surface area contributed by atoms with Gasteiger partial charge in [-0.25, -0.2) is 0 Å². The van der Waals surface area contributed by atoms with Gasteiger partial charge in [-0.2, -0.15) is 0 Å². The summed E-state index contributed by atoms with van der Waals surface area (Å²) >= 11 is 3.74. The average molecular weight is 325 g/mol. The molecule has 0 amide bonds. The molecule has 1 aromatic carbocycles. The monoisotopic (exact) mass is 324 g/mol. The van der Waals surface area contributed by atoms with Gasteiger partial charge in [0.05, 0.1) is 5.69 Å². The highest BCUT2D eigenvalue weighted by atomic mass is 79.9. The highest BCUT2D eigenvalue weighted by Gasteiger charge is 2.24. The van der Waals surface area contributed by atoms with Gasteiger partial charge in [-0.3, -0.25) is 0 Å². The molecule has 0 unspecified atom stereocenters. The Hall–Kier alpha value is -0.540. The van der Waals surface area contributed by atoms with Crippen LogP contribution in [0, 0.1) is 5.92 Å². The molecule has 2 rings (SSSR count). The quantitative estimate of drug-likeness (QED) is 0.809. The Morgan fingerprint density at radius 2 is 2.11 bits per heavy atom. The van der Waals surface area contributed by atoms with E-state index in [1.54, 1.807) is 0 Å². The van der Waals surface area contributed by atoms with Gasteiger partial charge in [0.25, 0.3) is 0 Å². The average Bonchev–Trinajstić information content (AvgIpc) is 3.18. The molecule has 0 atom stereocenters. The van der Waals surface area contributed by atoms with Gasteiger partial charge in [0.15, 0.2) is 0 Å². The normalized spacial score (nSPS) is 15.0. The third-order valence-corrected chi connectivity index (χ3v) is 4.26. The first kappa shape index (κ1) is 14.9. The second-order valence-corrected chi connectivity index (χ2v) is 6.66. The van der Waals surface area contributed by atoms with Crippen molar-refractivity contribution < 1.29 is 0 Å². The molecule has 0 heterocycles. The van der Waals surface area contributed by atoms with Crippen molar-refractivity contribution in [1.82, 2.24) is 5.32 Å². The predicted octanol–water partition coefficient (Wildman–Crippen LogP) is 4.18. The zero-order chi connectivity index (χ0) is 13.8. The molecule has 1 saturated carbocycles. The summed E-state index contributed by atoms with van der Waals surface area (Å²) in [7, 11) is 0. The van der Waals surface area contributed by atoms with Gasteiger partial charge in [0.2, 0.25) is 0 Å². The number of hydrogen-bond acceptors (Lipinski definition) is 2. The summed E-state index contributed by atoms with van der Waals surface area (Å²) in [6.07, 6.45) is 2.81. The van der Waals surface area contributed by atoms with E-state index >= 15 is 0 Å². The van der Waals surface area contributed by atoms with Gasteiger partial charge in [-0.1, -0.05) is 19.9 Å². The minimum absolute atomic E-state index is 0.528. The lowest BCUT2D eigenvalue weighted by Gasteiger charge is -2.24. The predicted molar refractivity (Wildman–Crippen MR) is 86.7 cm³/mol. The molecule has 106 valence electrons. The van der Waals surface area contributed by atoms with Crippen LogP contribution in [0.25, 0.3) is 0 Å². The van der Waals surface area contributed by atoms with Crippen LogP contribution >= 0.6 is 15.9 Å². The van der Waals surface area contributed by atoms with Crippen molar-refractivity contribution in [3.8, 4) is 0 Å². The Morgan fingerprint density at radius 1 is 1.37 bits per heavy atom. The van der Waals surface area contributed by atoms with Gasteiger partial charge >= 0.3 is 0 Å². The van der Waals surface area contributed by atoms with E-state index in [1.807, 2.05) is 0 Å². The number of nitrogens with one attached hydrogen (secondary N) is 1. The SMILES string of the molecule is CCN(CC1CC1)c1ccc(CNC(C)C)cc1Br. The van der Waals surface area contributed by atoms with Crippen molar-refractivity contribution in [1.29, 1.82) is 0 Å². The van der Waals surface area contributed by atoms with E-state index in [1.165, 1.54) is 35.1 Å². The van der Waals surface area contributed by atoms with Crippen LogP contribution in [0.2, 0.25) is 0 Å². The van der Waals surface area contributed by atoms with Crippen LogP contribution in [0.1, 0.15) is 39.2 Å². The Labute approximate surface area is 125 Å². The number of benzene rings is 1.